The Morgan fingerprint density at radius 2 is 1.76 bits per heavy atom. The van der Waals surface area contributed by atoms with Gasteiger partial charge < -0.3 is 4.90 Å². The van der Waals surface area contributed by atoms with Crippen molar-refractivity contribution in [1.82, 2.24) is 4.31 Å². The summed E-state index contributed by atoms with van der Waals surface area (Å²) in [6.07, 6.45) is 0. The predicted octanol–water partition coefficient (Wildman–Crippen LogP) is 3.07. The molecular formula is C18H19ClN2O3S. The number of sulfonamides is 1. The largest absolute Gasteiger partial charge is 0.309 e. The van der Waals surface area contributed by atoms with Gasteiger partial charge in [-0.05, 0) is 43.7 Å². The number of hydrogen-bond donors (Lipinski definition) is 0. The third-order valence-electron chi connectivity index (χ3n) is 4.41. The van der Waals surface area contributed by atoms with Crippen LogP contribution >= 0.6 is 11.6 Å². The Bertz CT molecular complexity index is 900. The van der Waals surface area contributed by atoms with Gasteiger partial charge >= 0.3 is 0 Å². The number of benzene rings is 2. The Morgan fingerprint density at radius 3 is 2.44 bits per heavy atom. The van der Waals surface area contributed by atoms with E-state index in [1.807, 2.05) is 13.0 Å². The average molecular weight is 379 g/mol. The van der Waals surface area contributed by atoms with E-state index >= 15 is 0 Å². The molecule has 0 radical (unpaired) electrons. The van der Waals surface area contributed by atoms with E-state index in [-0.39, 0.29) is 23.9 Å². The number of rotatable bonds is 3. The number of anilines is 1. The van der Waals surface area contributed by atoms with Gasteiger partial charge in [0.15, 0.2) is 0 Å². The molecule has 0 spiro atoms. The SMILES string of the molecule is Cc1ccc(Cl)cc1N1CCN(S(=O)(=O)c2ccccc2)[C@H](C)C1=O. The number of carbonyl (C=O) groups is 1. The van der Waals surface area contributed by atoms with Gasteiger partial charge in [0.25, 0.3) is 0 Å². The molecule has 0 N–H and O–H groups in total. The molecule has 0 unspecified atom stereocenters. The number of halogens is 1. The molecule has 5 nitrogen and oxygen atoms in total. The molecule has 3 rings (SSSR count). The Morgan fingerprint density at radius 1 is 1.08 bits per heavy atom. The van der Waals surface area contributed by atoms with Crippen LogP contribution in [-0.4, -0.2) is 37.8 Å². The van der Waals surface area contributed by atoms with Gasteiger partial charge in [0.1, 0.15) is 6.04 Å². The molecule has 1 atom stereocenters. The Kier molecular flexibility index (Phi) is 4.86. The van der Waals surface area contributed by atoms with Crippen LogP contribution in [0.3, 0.4) is 0 Å². The Labute approximate surface area is 152 Å². The molecule has 25 heavy (non-hydrogen) atoms. The first-order chi connectivity index (χ1) is 11.8. The molecule has 1 saturated heterocycles. The molecule has 1 fully saturated rings. The highest BCUT2D eigenvalue weighted by molar-refractivity contribution is 7.89. The molecular weight excluding hydrogens is 360 g/mol. The number of amides is 1. The third kappa shape index (κ3) is 3.29. The van der Waals surface area contributed by atoms with Gasteiger partial charge in [-0.2, -0.15) is 4.31 Å². The summed E-state index contributed by atoms with van der Waals surface area (Å²) in [5.41, 5.74) is 1.64. The standard InChI is InChI=1S/C18H19ClN2O3S/c1-13-8-9-15(19)12-17(13)20-10-11-21(14(2)18(20)22)25(23,24)16-6-4-3-5-7-16/h3-9,12,14H,10-11H2,1-2H3/t14-/m1/s1. The Hall–Kier alpha value is -1.89. The zero-order valence-electron chi connectivity index (χ0n) is 14.0. The molecule has 0 bridgehead atoms. The van der Waals surface area contributed by atoms with Crippen molar-refractivity contribution in [3.8, 4) is 0 Å². The summed E-state index contributed by atoms with van der Waals surface area (Å²) in [5.74, 6) is -0.254. The number of aryl methyl sites for hydroxylation is 1. The number of piperazine rings is 1. The molecule has 2 aromatic carbocycles. The van der Waals surface area contributed by atoms with Gasteiger partial charge in [0.2, 0.25) is 15.9 Å². The number of carbonyl (C=O) groups excluding carboxylic acids is 1. The van der Waals surface area contributed by atoms with Gasteiger partial charge in [-0.25, -0.2) is 8.42 Å². The highest BCUT2D eigenvalue weighted by atomic mass is 35.5. The normalized spacial score (nSPS) is 19.2. The molecule has 0 saturated carbocycles. The fraction of sp³-hybridized carbons (Fsp3) is 0.278. The molecule has 2 aromatic rings. The molecule has 1 amide bonds. The second-order valence-corrected chi connectivity index (χ2v) is 8.35. The minimum Gasteiger partial charge on any atom is -0.309 e. The smallest absolute Gasteiger partial charge is 0.245 e. The quantitative estimate of drug-likeness (QED) is 0.824. The summed E-state index contributed by atoms with van der Waals surface area (Å²) in [4.78, 5) is 14.7. The lowest BCUT2D eigenvalue weighted by atomic mass is 10.1. The van der Waals surface area contributed by atoms with Crippen molar-refractivity contribution in [3.63, 3.8) is 0 Å². The molecule has 1 heterocycles. The van der Waals surface area contributed by atoms with E-state index in [0.29, 0.717) is 5.02 Å². The lowest BCUT2D eigenvalue weighted by molar-refractivity contribution is -0.123. The number of nitrogens with zero attached hydrogens (tertiary/aromatic N) is 2. The van der Waals surface area contributed by atoms with Gasteiger partial charge in [0, 0.05) is 23.8 Å². The fourth-order valence-corrected chi connectivity index (χ4v) is 4.79. The lowest BCUT2D eigenvalue weighted by Crippen LogP contribution is -2.57. The van der Waals surface area contributed by atoms with Gasteiger partial charge in [-0.1, -0.05) is 35.9 Å². The highest BCUT2D eigenvalue weighted by Gasteiger charge is 2.39. The summed E-state index contributed by atoms with van der Waals surface area (Å²) in [7, 11) is -3.71. The van der Waals surface area contributed by atoms with Crippen LogP contribution in [0.15, 0.2) is 53.4 Å². The van der Waals surface area contributed by atoms with Crippen LogP contribution in [0.1, 0.15) is 12.5 Å². The first-order valence-corrected chi connectivity index (χ1v) is 9.78. The fourth-order valence-electron chi connectivity index (χ4n) is 3.02. The maximum absolute atomic E-state index is 12.9. The van der Waals surface area contributed by atoms with Crippen molar-refractivity contribution < 1.29 is 13.2 Å². The van der Waals surface area contributed by atoms with E-state index < -0.39 is 16.1 Å². The van der Waals surface area contributed by atoms with Crippen LogP contribution in [0.5, 0.6) is 0 Å². The van der Waals surface area contributed by atoms with Crippen molar-refractivity contribution >= 4 is 33.2 Å². The van der Waals surface area contributed by atoms with Crippen molar-refractivity contribution in [2.24, 2.45) is 0 Å². The topological polar surface area (TPSA) is 57.7 Å². The van der Waals surface area contributed by atoms with Crippen LogP contribution in [0, 0.1) is 6.92 Å². The molecule has 132 valence electrons. The van der Waals surface area contributed by atoms with Crippen LogP contribution in [0.2, 0.25) is 5.02 Å². The van der Waals surface area contributed by atoms with Crippen LogP contribution < -0.4 is 4.90 Å². The average Bonchev–Trinajstić information content (AvgIpc) is 2.60. The predicted molar refractivity (Wildman–Crippen MR) is 98.3 cm³/mol. The second kappa shape index (κ2) is 6.78. The van der Waals surface area contributed by atoms with Gasteiger partial charge in [-0.3, -0.25) is 4.79 Å². The second-order valence-electron chi connectivity index (χ2n) is 6.03. The van der Waals surface area contributed by atoms with E-state index in [0.717, 1.165) is 11.3 Å². The first kappa shape index (κ1) is 17.9. The maximum Gasteiger partial charge on any atom is 0.245 e. The van der Waals surface area contributed by atoms with Gasteiger partial charge in [-0.15, -0.1) is 0 Å². The van der Waals surface area contributed by atoms with E-state index in [1.165, 1.54) is 4.31 Å². The van der Waals surface area contributed by atoms with Gasteiger partial charge in [0.05, 0.1) is 4.90 Å². The van der Waals surface area contributed by atoms with Crippen molar-refractivity contribution in [1.29, 1.82) is 0 Å². The lowest BCUT2D eigenvalue weighted by Gasteiger charge is -2.38. The minimum absolute atomic E-state index is 0.196. The minimum atomic E-state index is -3.71. The van der Waals surface area contributed by atoms with E-state index in [1.54, 1.807) is 54.3 Å². The zero-order chi connectivity index (χ0) is 18.2. The summed E-state index contributed by atoms with van der Waals surface area (Å²) < 4.78 is 26.9. The summed E-state index contributed by atoms with van der Waals surface area (Å²) in [6.45, 7) is 4.04. The van der Waals surface area contributed by atoms with Crippen molar-refractivity contribution in [3.05, 3.63) is 59.1 Å². The number of hydrogen-bond acceptors (Lipinski definition) is 3. The van der Waals surface area contributed by atoms with E-state index in [4.69, 9.17) is 11.6 Å². The van der Waals surface area contributed by atoms with Crippen molar-refractivity contribution in [2.45, 2.75) is 24.8 Å². The molecule has 1 aliphatic rings. The zero-order valence-corrected chi connectivity index (χ0v) is 15.6. The highest BCUT2D eigenvalue weighted by Crippen LogP contribution is 2.29. The van der Waals surface area contributed by atoms with Crippen LogP contribution in [-0.2, 0) is 14.8 Å². The maximum atomic E-state index is 12.9. The molecule has 0 aromatic heterocycles. The monoisotopic (exact) mass is 378 g/mol. The molecule has 0 aliphatic carbocycles. The van der Waals surface area contributed by atoms with E-state index in [9.17, 15) is 13.2 Å². The van der Waals surface area contributed by atoms with Crippen molar-refractivity contribution in [2.75, 3.05) is 18.0 Å². The molecule has 7 heteroatoms. The van der Waals surface area contributed by atoms with Crippen LogP contribution in [0.4, 0.5) is 5.69 Å². The summed E-state index contributed by atoms with van der Waals surface area (Å²) in [6, 6.07) is 12.8. The first-order valence-electron chi connectivity index (χ1n) is 7.97. The van der Waals surface area contributed by atoms with Crippen LogP contribution in [0.25, 0.3) is 0 Å². The summed E-state index contributed by atoms with van der Waals surface area (Å²) in [5, 5.41) is 0.542. The third-order valence-corrected chi connectivity index (χ3v) is 6.63. The Balaban J connectivity index is 1.91. The summed E-state index contributed by atoms with van der Waals surface area (Å²) >= 11 is 6.06. The van der Waals surface area contributed by atoms with E-state index in [2.05, 4.69) is 0 Å². The molecule has 1 aliphatic heterocycles.